The maximum absolute atomic E-state index is 12.6. The lowest BCUT2D eigenvalue weighted by molar-refractivity contribution is -0.143. The summed E-state index contributed by atoms with van der Waals surface area (Å²) < 4.78 is 10.2. The van der Waals surface area contributed by atoms with Gasteiger partial charge in [0, 0.05) is 5.56 Å². The van der Waals surface area contributed by atoms with Crippen LogP contribution in [0.1, 0.15) is 40.9 Å². The third-order valence-corrected chi connectivity index (χ3v) is 3.78. The first-order valence-corrected chi connectivity index (χ1v) is 8.20. The number of hydrogen-bond acceptors (Lipinski definition) is 4. The van der Waals surface area contributed by atoms with Crippen molar-refractivity contribution in [3.63, 3.8) is 0 Å². The van der Waals surface area contributed by atoms with Crippen molar-refractivity contribution in [2.45, 2.75) is 26.3 Å². The van der Waals surface area contributed by atoms with Crippen LogP contribution in [0.5, 0.6) is 5.75 Å². The first-order valence-electron chi connectivity index (χ1n) is 8.20. The number of ether oxygens (including phenoxy) is 2. The molecule has 0 saturated heterocycles. The highest BCUT2D eigenvalue weighted by atomic mass is 16.5. The second-order valence-corrected chi connectivity index (χ2v) is 5.68. The largest absolute Gasteiger partial charge is 0.497 e. The van der Waals surface area contributed by atoms with Gasteiger partial charge in [0.05, 0.1) is 26.2 Å². The molecule has 0 spiro atoms. The Hall–Kier alpha value is -2.82. The second kappa shape index (κ2) is 8.87. The SMILES string of the molecule is CCOC(=O)CC(NC(=O)c1cccc(C)c1)c1ccc(OC)cc1. The van der Waals surface area contributed by atoms with Crippen LogP contribution < -0.4 is 10.1 Å². The van der Waals surface area contributed by atoms with E-state index < -0.39 is 6.04 Å². The van der Waals surface area contributed by atoms with Gasteiger partial charge in [-0.25, -0.2) is 0 Å². The summed E-state index contributed by atoms with van der Waals surface area (Å²) in [7, 11) is 1.59. The van der Waals surface area contributed by atoms with Crippen molar-refractivity contribution in [3.05, 3.63) is 65.2 Å². The van der Waals surface area contributed by atoms with Gasteiger partial charge < -0.3 is 14.8 Å². The maximum Gasteiger partial charge on any atom is 0.308 e. The van der Waals surface area contributed by atoms with Gasteiger partial charge >= 0.3 is 5.97 Å². The first kappa shape index (κ1) is 18.5. The minimum absolute atomic E-state index is 0.0672. The molecule has 25 heavy (non-hydrogen) atoms. The number of carbonyl (C=O) groups is 2. The summed E-state index contributed by atoms with van der Waals surface area (Å²) in [6.45, 7) is 3.99. The smallest absolute Gasteiger partial charge is 0.308 e. The van der Waals surface area contributed by atoms with Crippen LogP contribution in [0.3, 0.4) is 0 Å². The fraction of sp³-hybridized carbons (Fsp3) is 0.300. The first-order chi connectivity index (χ1) is 12.0. The van der Waals surface area contributed by atoms with Crippen molar-refractivity contribution in [3.8, 4) is 5.75 Å². The summed E-state index contributed by atoms with van der Waals surface area (Å²) in [6, 6.07) is 14.1. The molecule has 5 heteroatoms. The minimum Gasteiger partial charge on any atom is -0.497 e. The van der Waals surface area contributed by atoms with Crippen molar-refractivity contribution in [1.29, 1.82) is 0 Å². The van der Waals surface area contributed by atoms with E-state index in [-0.39, 0.29) is 18.3 Å². The molecule has 2 aromatic rings. The summed E-state index contributed by atoms with van der Waals surface area (Å²) in [5, 5.41) is 2.92. The number of rotatable bonds is 7. The van der Waals surface area contributed by atoms with E-state index in [2.05, 4.69) is 5.32 Å². The molecule has 1 atom stereocenters. The molecule has 0 fully saturated rings. The standard InChI is InChI=1S/C20H23NO4/c1-4-25-19(22)13-18(15-8-10-17(24-3)11-9-15)21-20(23)16-7-5-6-14(2)12-16/h5-12,18H,4,13H2,1-3H3,(H,21,23). The van der Waals surface area contributed by atoms with E-state index in [4.69, 9.17) is 9.47 Å². The number of aryl methyl sites for hydroxylation is 1. The molecule has 5 nitrogen and oxygen atoms in total. The molecular weight excluding hydrogens is 318 g/mol. The third kappa shape index (κ3) is 5.35. The lowest BCUT2D eigenvalue weighted by Crippen LogP contribution is -2.30. The van der Waals surface area contributed by atoms with E-state index in [1.54, 1.807) is 32.2 Å². The Morgan fingerprint density at radius 1 is 1.12 bits per heavy atom. The summed E-state index contributed by atoms with van der Waals surface area (Å²) in [5.74, 6) is 0.130. The Morgan fingerprint density at radius 3 is 2.44 bits per heavy atom. The van der Waals surface area contributed by atoms with E-state index in [0.717, 1.165) is 11.1 Å². The minimum atomic E-state index is -0.474. The number of benzene rings is 2. The molecule has 0 aromatic heterocycles. The highest BCUT2D eigenvalue weighted by Gasteiger charge is 2.20. The Morgan fingerprint density at radius 2 is 1.84 bits per heavy atom. The number of hydrogen-bond donors (Lipinski definition) is 1. The van der Waals surface area contributed by atoms with Crippen molar-refractivity contribution in [1.82, 2.24) is 5.32 Å². The van der Waals surface area contributed by atoms with Crippen LogP contribution in [-0.4, -0.2) is 25.6 Å². The number of methoxy groups -OCH3 is 1. The average molecular weight is 341 g/mol. The normalized spacial score (nSPS) is 11.5. The number of amides is 1. The quantitative estimate of drug-likeness (QED) is 0.784. The summed E-state index contributed by atoms with van der Waals surface area (Å²) in [6.07, 6.45) is 0.0672. The Balaban J connectivity index is 2.20. The maximum atomic E-state index is 12.6. The van der Waals surface area contributed by atoms with Crippen LogP contribution in [0.2, 0.25) is 0 Å². The van der Waals surface area contributed by atoms with Gasteiger partial charge in [-0.2, -0.15) is 0 Å². The highest BCUT2D eigenvalue weighted by Crippen LogP contribution is 2.21. The van der Waals surface area contributed by atoms with Gasteiger partial charge in [-0.1, -0.05) is 29.8 Å². The molecule has 1 N–H and O–H groups in total. The molecule has 2 rings (SSSR count). The Kier molecular flexibility index (Phi) is 6.57. The Labute approximate surface area is 148 Å². The molecular formula is C20H23NO4. The molecule has 2 aromatic carbocycles. The van der Waals surface area contributed by atoms with Crippen LogP contribution in [0, 0.1) is 6.92 Å². The summed E-state index contributed by atoms with van der Waals surface area (Å²) in [5.41, 5.74) is 2.37. The fourth-order valence-electron chi connectivity index (χ4n) is 2.50. The molecule has 0 aliphatic carbocycles. The third-order valence-electron chi connectivity index (χ3n) is 3.78. The molecule has 0 aliphatic heterocycles. The van der Waals surface area contributed by atoms with Crippen molar-refractivity contribution < 1.29 is 19.1 Å². The second-order valence-electron chi connectivity index (χ2n) is 5.68. The van der Waals surface area contributed by atoms with E-state index in [1.165, 1.54) is 0 Å². The zero-order valence-electron chi connectivity index (χ0n) is 14.7. The van der Waals surface area contributed by atoms with Crippen LogP contribution in [0.15, 0.2) is 48.5 Å². The van der Waals surface area contributed by atoms with Crippen LogP contribution in [-0.2, 0) is 9.53 Å². The number of nitrogens with one attached hydrogen (secondary N) is 1. The van der Waals surface area contributed by atoms with Gasteiger partial charge in [-0.15, -0.1) is 0 Å². The molecule has 1 amide bonds. The number of esters is 1. The van der Waals surface area contributed by atoms with Crippen molar-refractivity contribution in [2.24, 2.45) is 0 Å². The van der Waals surface area contributed by atoms with E-state index in [0.29, 0.717) is 17.9 Å². The van der Waals surface area contributed by atoms with Gasteiger partial charge in [0.25, 0.3) is 5.91 Å². The highest BCUT2D eigenvalue weighted by molar-refractivity contribution is 5.94. The van der Waals surface area contributed by atoms with Crippen LogP contribution >= 0.6 is 0 Å². The lowest BCUT2D eigenvalue weighted by atomic mass is 10.0. The van der Waals surface area contributed by atoms with Crippen LogP contribution in [0.25, 0.3) is 0 Å². The molecule has 0 aliphatic rings. The zero-order valence-corrected chi connectivity index (χ0v) is 14.7. The Bertz CT molecular complexity index is 725. The fourth-order valence-corrected chi connectivity index (χ4v) is 2.50. The number of carbonyl (C=O) groups excluding carboxylic acids is 2. The van der Waals surface area contributed by atoms with Gasteiger partial charge in [-0.05, 0) is 43.7 Å². The lowest BCUT2D eigenvalue weighted by Gasteiger charge is -2.19. The van der Waals surface area contributed by atoms with E-state index in [9.17, 15) is 9.59 Å². The van der Waals surface area contributed by atoms with Crippen LogP contribution in [0.4, 0.5) is 0 Å². The van der Waals surface area contributed by atoms with Gasteiger partial charge in [0.1, 0.15) is 5.75 Å². The monoisotopic (exact) mass is 341 g/mol. The molecule has 0 saturated carbocycles. The molecule has 0 bridgehead atoms. The van der Waals surface area contributed by atoms with Crippen molar-refractivity contribution in [2.75, 3.05) is 13.7 Å². The molecule has 132 valence electrons. The molecule has 1 unspecified atom stereocenters. The predicted octanol–water partition coefficient (Wildman–Crippen LogP) is 3.43. The molecule has 0 radical (unpaired) electrons. The predicted molar refractivity (Wildman–Crippen MR) is 95.6 cm³/mol. The topological polar surface area (TPSA) is 64.6 Å². The zero-order chi connectivity index (χ0) is 18.2. The van der Waals surface area contributed by atoms with Gasteiger partial charge in [0.15, 0.2) is 0 Å². The summed E-state index contributed by atoms with van der Waals surface area (Å²) >= 11 is 0. The van der Waals surface area contributed by atoms with Gasteiger partial charge in [0.2, 0.25) is 0 Å². The van der Waals surface area contributed by atoms with Gasteiger partial charge in [-0.3, -0.25) is 9.59 Å². The molecule has 0 heterocycles. The average Bonchev–Trinajstić information content (AvgIpc) is 2.61. The van der Waals surface area contributed by atoms with E-state index in [1.807, 2.05) is 37.3 Å². The van der Waals surface area contributed by atoms with E-state index >= 15 is 0 Å². The van der Waals surface area contributed by atoms with Crippen molar-refractivity contribution >= 4 is 11.9 Å². The summed E-state index contributed by atoms with van der Waals surface area (Å²) in [4.78, 5) is 24.5.